The van der Waals surface area contributed by atoms with E-state index in [2.05, 4.69) is 6.92 Å². The zero-order valence-corrected chi connectivity index (χ0v) is 9.92. The Morgan fingerprint density at radius 2 is 2.27 bits per heavy atom. The van der Waals surface area contributed by atoms with E-state index < -0.39 is 0 Å². The molecule has 15 heavy (non-hydrogen) atoms. The number of ether oxygens (including phenoxy) is 2. The van der Waals surface area contributed by atoms with Crippen LogP contribution in [0.15, 0.2) is 0 Å². The van der Waals surface area contributed by atoms with Crippen LogP contribution in [0.1, 0.15) is 39.0 Å². The highest BCUT2D eigenvalue weighted by Gasteiger charge is 2.46. The molecule has 0 radical (unpaired) electrons. The predicted octanol–water partition coefficient (Wildman–Crippen LogP) is 1.70. The third kappa shape index (κ3) is 2.19. The maximum atomic E-state index is 6.32. The van der Waals surface area contributed by atoms with Crippen LogP contribution in [-0.2, 0) is 9.47 Å². The highest BCUT2D eigenvalue weighted by Crippen LogP contribution is 2.46. The monoisotopic (exact) mass is 213 g/mol. The molecule has 0 amide bonds. The van der Waals surface area contributed by atoms with Gasteiger partial charge in [0, 0.05) is 19.3 Å². The number of rotatable bonds is 3. The van der Waals surface area contributed by atoms with Crippen molar-refractivity contribution >= 4 is 0 Å². The molecule has 1 aliphatic carbocycles. The van der Waals surface area contributed by atoms with Gasteiger partial charge >= 0.3 is 0 Å². The van der Waals surface area contributed by atoms with Crippen molar-refractivity contribution in [3.05, 3.63) is 0 Å². The first kappa shape index (κ1) is 11.4. The first-order chi connectivity index (χ1) is 7.08. The van der Waals surface area contributed by atoms with Crippen LogP contribution in [0.5, 0.6) is 0 Å². The molecule has 1 spiro atoms. The van der Waals surface area contributed by atoms with Crippen molar-refractivity contribution in [3.63, 3.8) is 0 Å². The molecule has 2 fully saturated rings. The van der Waals surface area contributed by atoms with E-state index in [-0.39, 0.29) is 11.1 Å². The van der Waals surface area contributed by atoms with Crippen LogP contribution < -0.4 is 5.73 Å². The minimum atomic E-state index is -0.193. The molecule has 0 aromatic rings. The van der Waals surface area contributed by atoms with E-state index in [1.54, 1.807) is 7.11 Å². The summed E-state index contributed by atoms with van der Waals surface area (Å²) in [5, 5.41) is 0. The molecule has 2 N–H and O–H groups in total. The molecule has 0 aromatic carbocycles. The highest BCUT2D eigenvalue weighted by molar-refractivity contribution is 4.99. The molecule has 88 valence electrons. The minimum Gasteiger partial charge on any atom is -0.383 e. The van der Waals surface area contributed by atoms with Crippen LogP contribution in [0.3, 0.4) is 0 Å². The third-order valence-electron chi connectivity index (χ3n) is 4.15. The van der Waals surface area contributed by atoms with Crippen molar-refractivity contribution in [1.82, 2.24) is 0 Å². The van der Waals surface area contributed by atoms with Gasteiger partial charge < -0.3 is 15.2 Å². The van der Waals surface area contributed by atoms with Gasteiger partial charge in [-0.25, -0.2) is 0 Å². The van der Waals surface area contributed by atoms with Crippen molar-refractivity contribution in [2.75, 3.05) is 20.3 Å². The Balaban J connectivity index is 1.97. The summed E-state index contributed by atoms with van der Waals surface area (Å²) in [6.45, 7) is 3.63. The van der Waals surface area contributed by atoms with Gasteiger partial charge in [-0.05, 0) is 44.9 Å². The molecule has 0 bridgehead atoms. The van der Waals surface area contributed by atoms with E-state index in [1.165, 1.54) is 19.3 Å². The molecule has 2 aliphatic rings. The smallest absolute Gasteiger partial charge is 0.0686 e. The van der Waals surface area contributed by atoms with Gasteiger partial charge in [0.15, 0.2) is 0 Å². The fraction of sp³-hybridized carbons (Fsp3) is 1.00. The van der Waals surface area contributed by atoms with Crippen molar-refractivity contribution in [2.45, 2.75) is 50.2 Å². The standard InChI is InChI=1S/C12H23NO2/c1-11(13,9-14-2)10-4-7-15-12(8-10)5-3-6-12/h10H,3-9,13H2,1-2H3. The number of nitrogens with two attached hydrogens (primary N) is 1. The largest absolute Gasteiger partial charge is 0.383 e. The van der Waals surface area contributed by atoms with Crippen molar-refractivity contribution < 1.29 is 9.47 Å². The van der Waals surface area contributed by atoms with E-state index in [9.17, 15) is 0 Å². The van der Waals surface area contributed by atoms with E-state index in [0.29, 0.717) is 12.5 Å². The van der Waals surface area contributed by atoms with Crippen LogP contribution in [0.25, 0.3) is 0 Å². The molecular weight excluding hydrogens is 190 g/mol. The topological polar surface area (TPSA) is 44.5 Å². The Kier molecular flexibility index (Phi) is 3.06. The number of hydrogen-bond donors (Lipinski definition) is 1. The van der Waals surface area contributed by atoms with Crippen LogP contribution in [-0.4, -0.2) is 31.5 Å². The van der Waals surface area contributed by atoms with Gasteiger partial charge in [0.1, 0.15) is 0 Å². The van der Waals surface area contributed by atoms with E-state index in [4.69, 9.17) is 15.2 Å². The average Bonchev–Trinajstić information content (AvgIpc) is 2.16. The minimum absolute atomic E-state index is 0.192. The van der Waals surface area contributed by atoms with Crippen LogP contribution in [0.4, 0.5) is 0 Å². The molecule has 1 saturated heterocycles. The summed E-state index contributed by atoms with van der Waals surface area (Å²) in [4.78, 5) is 0. The van der Waals surface area contributed by atoms with Gasteiger partial charge in [-0.3, -0.25) is 0 Å². The highest BCUT2D eigenvalue weighted by atomic mass is 16.5. The fourth-order valence-electron chi connectivity index (χ4n) is 2.94. The summed E-state index contributed by atoms with van der Waals surface area (Å²) in [6, 6.07) is 0. The Morgan fingerprint density at radius 1 is 1.53 bits per heavy atom. The van der Waals surface area contributed by atoms with Crippen molar-refractivity contribution in [1.29, 1.82) is 0 Å². The normalized spacial score (nSPS) is 33.4. The van der Waals surface area contributed by atoms with Gasteiger partial charge in [-0.15, -0.1) is 0 Å². The van der Waals surface area contributed by atoms with Gasteiger partial charge in [0.25, 0.3) is 0 Å². The van der Waals surface area contributed by atoms with Gasteiger partial charge in [-0.2, -0.15) is 0 Å². The molecule has 1 heterocycles. The Hall–Kier alpha value is -0.120. The molecular formula is C12H23NO2. The third-order valence-corrected chi connectivity index (χ3v) is 4.15. The first-order valence-corrected chi connectivity index (χ1v) is 6.00. The van der Waals surface area contributed by atoms with E-state index >= 15 is 0 Å². The number of methoxy groups -OCH3 is 1. The molecule has 3 nitrogen and oxygen atoms in total. The van der Waals surface area contributed by atoms with Crippen molar-refractivity contribution in [3.8, 4) is 0 Å². The summed E-state index contributed by atoms with van der Waals surface area (Å²) in [5.41, 5.74) is 6.32. The second-order valence-electron chi connectivity index (χ2n) is 5.51. The van der Waals surface area contributed by atoms with Crippen LogP contribution in [0.2, 0.25) is 0 Å². The molecule has 3 heteroatoms. The predicted molar refractivity (Wildman–Crippen MR) is 59.7 cm³/mol. The lowest BCUT2D eigenvalue weighted by Gasteiger charge is -2.50. The molecule has 1 aliphatic heterocycles. The summed E-state index contributed by atoms with van der Waals surface area (Å²) in [5.74, 6) is 0.548. The van der Waals surface area contributed by atoms with Gasteiger partial charge in [0.05, 0.1) is 12.2 Å². The Bertz CT molecular complexity index is 224. The second kappa shape index (κ2) is 4.04. The summed E-state index contributed by atoms with van der Waals surface area (Å²) < 4.78 is 11.1. The average molecular weight is 213 g/mol. The number of hydrogen-bond acceptors (Lipinski definition) is 3. The Labute approximate surface area is 92.3 Å². The lowest BCUT2D eigenvalue weighted by atomic mass is 9.67. The van der Waals surface area contributed by atoms with Crippen LogP contribution in [0, 0.1) is 5.92 Å². The molecule has 2 unspecified atom stereocenters. The maximum Gasteiger partial charge on any atom is 0.0686 e. The first-order valence-electron chi connectivity index (χ1n) is 6.00. The van der Waals surface area contributed by atoms with E-state index in [0.717, 1.165) is 19.4 Å². The maximum absolute atomic E-state index is 6.32. The summed E-state index contributed by atoms with van der Waals surface area (Å²) >= 11 is 0. The molecule has 2 atom stereocenters. The van der Waals surface area contributed by atoms with E-state index in [1.807, 2.05) is 0 Å². The molecule has 2 rings (SSSR count). The SMILES string of the molecule is COCC(C)(N)C1CCOC2(CCC2)C1. The van der Waals surface area contributed by atoms with Gasteiger partial charge in [0.2, 0.25) is 0 Å². The summed E-state index contributed by atoms with van der Waals surface area (Å²) in [7, 11) is 1.73. The zero-order chi connectivity index (χ0) is 10.9. The lowest BCUT2D eigenvalue weighted by molar-refractivity contribution is -0.154. The zero-order valence-electron chi connectivity index (χ0n) is 9.92. The van der Waals surface area contributed by atoms with Gasteiger partial charge in [-0.1, -0.05) is 0 Å². The fourth-order valence-corrected chi connectivity index (χ4v) is 2.94. The summed E-state index contributed by atoms with van der Waals surface area (Å²) in [6.07, 6.45) is 5.98. The Morgan fingerprint density at radius 3 is 2.80 bits per heavy atom. The quantitative estimate of drug-likeness (QED) is 0.776. The van der Waals surface area contributed by atoms with Crippen LogP contribution >= 0.6 is 0 Å². The molecule has 1 saturated carbocycles. The molecule has 0 aromatic heterocycles. The second-order valence-corrected chi connectivity index (χ2v) is 5.51. The lowest BCUT2D eigenvalue weighted by Crippen LogP contribution is -2.56. The van der Waals surface area contributed by atoms with Crippen molar-refractivity contribution in [2.24, 2.45) is 11.7 Å².